The number of hydrogen-bond acceptors (Lipinski definition) is 1. The highest BCUT2D eigenvalue weighted by Gasteiger charge is 2.34. The van der Waals surface area contributed by atoms with E-state index in [0.717, 1.165) is 17.9 Å². The van der Waals surface area contributed by atoms with Gasteiger partial charge in [-0.25, -0.2) is 0 Å². The van der Waals surface area contributed by atoms with Crippen LogP contribution in [0.4, 0.5) is 0 Å². The highest BCUT2D eigenvalue weighted by atomic mass is 35.5. The smallest absolute Gasteiger partial charge is 0.0410 e. The summed E-state index contributed by atoms with van der Waals surface area (Å²) in [5.74, 6) is 0. The summed E-state index contributed by atoms with van der Waals surface area (Å²) in [5, 5.41) is 0.782. The minimum absolute atomic E-state index is 0. The summed E-state index contributed by atoms with van der Waals surface area (Å²) in [4.78, 5) is 0. The van der Waals surface area contributed by atoms with Gasteiger partial charge < -0.3 is 5.73 Å². The first kappa shape index (κ1) is 10.8. The third-order valence-electron chi connectivity index (χ3n) is 2.65. The first-order valence-corrected chi connectivity index (χ1v) is 4.63. The van der Waals surface area contributed by atoms with Crippen molar-refractivity contribution in [2.75, 3.05) is 0 Å². The molecule has 0 aliphatic heterocycles. The van der Waals surface area contributed by atoms with Crippen molar-refractivity contribution in [1.29, 1.82) is 0 Å². The Labute approximate surface area is 89.7 Å². The van der Waals surface area contributed by atoms with Crippen LogP contribution >= 0.6 is 24.0 Å². The van der Waals surface area contributed by atoms with Crippen molar-refractivity contribution in [2.24, 2.45) is 5.73 Å². The maximum absolute atomic E-state index is 6.13. The molecule has 3 heteroatoms. The van der Waals surface area contributed by atoms with Gasteiger partial charge >= 0.3 is 0 Å². The molecule has 0 atom stereocenters. The van der Waals surface area contributed by atoms with Crippen molar-refractivity contribution in [3.63, 3.8) is 0 Å². The van der Waals surface area contributed by atoms with Crippen LogP contribution in [-0.4, -0.2) is 0 Å². The standard InChI is InChI=1S/C10H12ClN.ClH/c11-9-4-1-3-8(7-9)10(12)5-2-6-10;/h1,3-4,7H,2,5-6,12H2;1H. The fraction of sp³-hybridized carbons (Fsp3) is 0.400. The second-order valence-electron chi connectivity index (χ2n) is 3.52. The molecule has 1 saturated carbocycles. The molecular weight excluding hydrogens is 205 g/mol. The molecule has 1 fully saturated rings. The fourth-order valence-electron chi connectivity index (χ4n) is 1.64. The zero-order chi connectivity index (χ0) is 8.60. The Kier molecular flexibility index (Phi) is 3.23. The molecular formula is C10H13Cl2N. The van der Waals surface area contributed by atoms with Crippen molar-refractivity contribution < 1.29 is 0 Å². The lowest BCUT2D eigenvalue weighted by molar-refractivity contribution is 0.253. The number of halogens is 2. The van der Waals surface area contributed by atoms with Crippen LogP contribution in [-0.2, 0) is 5.54 Å². The summed E-state index contributed by atoms with van der Waals surface area (Å²) in [6.45, 7) is 0. The quantitative estimate of drug-likeness (QED) is 0.770. The molecule has 72 valence electrons. The first-order chi connectivity index (χ1) is 5.71. The van der Waals surface area contributed by atoms with E-state index in [4.69, 9.17) is 17.3 Å². The second-order valence-corrected chi connectivity index (χ2v) is 3.96. The summed E-state index contributed by atoms with van der Waals surface area (Å²) < 4.78 is 0. The lowest BCUT2D eigenvalue weighted by atomic mass is 9.73. The molecule has 2 rings (SSSR count). The van der Waals surface area contributed by atoms with Gasteiger partial charge in [-0.1, -0.05) is 23.7 Å². The molecule has 0 amide bonds. The Morgan fingerprint density at radius 2 is 2.00 bits per heavy atom. The predicted molar refractivity (Wildman–Crippen MR) is 58.4 cm³/mol. The molecule has 1 aliphatic rings. The topological polar surface area (TPSA) is 26.0 Å². The van der Waals surface area contributed by atoms with Crippen molar-refractivity contribution in [2.45, 2.75) is 24.8 Å². The largest absolute Gasteiger partial charge is 0.321 e. The molecule has 0 bridgehead atoms. The van der Waals surface area contributed by atoms with Gasteiger partial charge in [0.05, 0.1) is 0 Å². The monoisotopic (exact) mass is 217 g/mol. The molecule has 0 radical (unpaired) electrons. The highest BCUT2D eigenvalue weighted by molar-refractivity contribution is 6.30. The maximum Gasteiger partial charge on any atom is 0.0410 e. The van der Waals surface area contributed by atoms with Crippen molar-refractivity contribution in [3.05, 3.63) is 34.9 Å². The molecule has 1 aliphatic carbocycles. The Hall–Kier alpha value is -0.240. The van der Waals surface area contributed by atoms with E-state index in [1.165, 1.54) is 12.0 Å². The van der Waals surface area contributed by atoms with E-state index >= 15 is 0 Å². The van der Waals surface area contributed by atoms with Gasteiger partial charge in [0.2, 0.25) is 0 Å². The number of hydrogen-bond donors (Lipinski definition) is 1. The molecule has 0 aromatic heterocycles. The minimum atomic E-state index is -0.0785. The normalized spacial score (nSPS) is 18.6. The van der Waals surface area contributed by atoms with Gasteiger partial charge in [-0.2, -0.15) is 0 Å². The highest BCUT2D eigenvalue weighted by Crippen LogP contribution is 2.39. The molecule has 1 aromatic carbocycles. The number of benzene rings is 1. The average molecular weight is 218 g/mol. The molecule has 0 unspecified atom stereocenters. The third-order valence-corrected chi connectivity index (χ3v) is 2.88. The van der Waals surface area contributed by atoms with Gasteiger partial charge in [-0.15, -0.1) is 12.4 Å². The third kappa shape index (κ3) is 1.98. The molecule has 2 N–H and O–H groups in total. The SMILES string of the molecule is Cl.NC1(c2cccc(Cl)c2)CCC1. The van der Waals surface area contributed by atoms with E-state index in [0.29, 0.717) is 0 Å². The molecule has 0 spiro atoms. The summed E-state index contributed by atoms with van der Waals surface area (Å²) in [6, 6.07) is 7.88. The summed E-state index contributed by atoms with van der Waals surface area (Å²) in [7, 11) is 0. The van der Waals surface area contributed by atoms with Gasteiger partial charge in [0.25, 0.3) is 0 Å². The van der Waals surface area contributed by atoms with E-state index < -0.39 is 0 Å². The molecule has 0 saturated heterocycles. The summed E-state index contributed by atoms with van der Waals surface area (Å²) >= 11 is 5.88. The second kappa shape index (κ2) is 3.87. The van der Waals surface area contributed by atoms with Crippen LogP contribution in [0.5, 0.6) is 0 Å². The molecule has 1 nitrogen and oxygen atoms in total. The van der Waals surface area contributed by atoms with Crippen molar-refractivity contribution in [1.82, 2.24) is 0 Å². The van der Waals surface area contributed by atoms with E-state index in [1.807, 2.05) is 18.2 Å². The van der Waals surface area contributed by atoms with Crippen molar-refractivity contribution >= 4 is 24.0 Å². The van der Waals surface area contributed by atoms with Crippen LogP contribution in [0.1, 0.15) is 24.8 Å². The lowest BCUT2D eigenvalue weighted by Gasteiger charge is -2.38. The van der Waals surface area contributed by atoms with Crippen LogP contribution in [0.15, 0.2) is 24.3 Å². The van der Waals surface area contributed by atoms with Crippen LogP contribution in [0.2, 0.25) is 5.02 Å². The molecule has 13 heavy (non-hydrogen) atoms. The van der Waals surface area contributed by atoms with Crippen LogP contribution in [0.3, 0.4) is 0 Å². The van der Waals surface area contributed by atoms with Crippen LogP contribution < -0.4 is 5.73 Å². The Bertz CT molecular complexity index is 295. The Morgan fingerprint density at radius 3 is 2.46 bits per heavy atom. The van der Waals surface area contributed by atoms with Gasteiger partial charge in [0, 0.05) is 10.6 Å². The van der Waals surface area contributed by atoms with Gasteiger partial charge in [0.1, 0.15) is 0 Å². The van der Waals surface area contributed by atoms with Gasteiger partial charge in [0.15, 0.2) is 0 Å². The average Bonchev–Trinajstić information content (AvgIpc) is 2.00. The number of rotatable bonds is 1. The van der Waals surface area contributed by atoms with E-state index in [2.05, 4.69) is 6.07 Å². The zero-order valence-corrected chi connectivity index (χ0v) is 8.87. The molecule has 1 aromatic rings. The van der Waals surface area contributed by atoms with Gasteiger partial charge in [-0.3, -0.25) is 0 Å². The van der Waals surface area contributed by atoms with Crippen molar-refractivity contribution in [3.8, 4) is 0 Å². The van der Waals surface area contributed by atoms with Gasteiger partial charge in [-0.05, 0) is 37.0 Å². The maximum atomic E-state index is 6.13. The summed E-state index contributed by atoms with van der Waals surface area (Å²) in [6.07, 6.45) is 3.42. The van der Waals surface area contributed by atoms with Crippen LogP contribution in [0, 0.1) is 0 Å². The first-order valence-electron chi connectivity index (χ1n) is 4.26. The lowest BCUT2D eigenvalue weighted by Crippen LogP contribution is -2.43. The van der Waals surface area contributed by atoms with Crippen LogP contribution in [0.25, 0.3) is 0 Å². The van der Waals surface area contributed by atoms with E-state index in [9.17, 15) is 0 Å². The molecule has 0 heterocycles. The fourth-order valence-corrected chi connectivity index (χ4v) is 1.83. The zero-order valence-electron chi connectivity index (χ0n) is 7.29. The number of nitrogens with two attached hydrogens (primary N) is 1. The minimum Gasteiger partial charge on any atom is -0.321 e. The predicted octanol–water partition coefficient (Wildman–Crippen LogP) is 3.10. The Balaban J connectivity index is 0.000000845. The van der Waals surface area contributed by atoms with E-state index in [1.54, 1.807) is 0 Å². The van der Waals surface area contributed by atoms with E-state index in [-0.39, 0.29) is 17.9 Å². The Morgan fingerprint density at radius 1 is 1.31 bits per heavy atom. The summed E-state index contributed by atoms with van der Waals surface area (Å²) in [5.41, 5.74) is 7.24.